The molecular weight excluding hydrogens is 340 g/mol. The molecule has 4 nitrogen and oxygen atoms in total. The van der Waals surface area contributed by atoms with Gasteiger partial charge in [0.05, 0.1) is 22.5 Å². The van der Waals surface area contributed by atoms with Gasteiger partial charge in [-0.3, -0.25) is 16.0 Å². The zero-order valence-electron chi connectivity index (χ0n) is 11.5. The molecule has 0 aliphatic rings. The summed E-state index contributed by atoms with van der Waals surface area (Å²) in [7, 11) is 1.91. The van der Waals surface area contributed by atoms with Gasteiger partial charge in [-0.05, 0) is 24.1 Å². The highest BCUT2D eigenvalue weighted by atomic mass is 79.9. The second-order valence-electron chi connectivity index (χ2n) is 4.66. The van der Waals surface area contributed by atoms with E-state index in [1.807, 2.05) is 36.9 Å². The van der Waals surface area contributed by atoms with E-state index in [0.29, 0.717) is 6.42 Å². The highest BCUT2D eigenvalue weighted by Crippen LogP contribution is 2.27. The first-order valence-corrected chi connectivity index (χ1v) is 7.65. The first-order chi connectivity index (χ1) is 9.56. The number of nitrogens with one attached hydrogen (secondary N) is 1. The average molecular weight is 358 g/mol. The third-order valence-electron chi connectivity index (χ3n) is 3.35. The minimum Gasteiger partial charge on any atom is -0.271 e. The van der Waals surface area contributed by atoms with Gasteiger partial charge in [0, 0.05) is 17.9 Å². The minimum atomic E-state index is -0.00916. The van der Waals surface area contributed by atoms with Gasteiger partial charge in [0.15, 0.2) is 0 Å². The maximum atomic E-state index is 6.39. The fraction of sp³-hybridized carbons (Fsp3) is 0.357. The van der Waals surface area contributed by atoms with Crippen molar-refractivity contribution in [3.8, 4) is 0 Å². The molecule has 2 rings (SSSR count). The van der Waals surface area contributed by atoms with Crippen molar-refractivity contribution >= 4 is 27.5 Å². The first-order valence-electron chi connectivity index (χ1n) is 6.48. The molecule has 0 aliphatic heterocycles. The molecule has 1 aromatic heterocycles. The van der Waals surface area contributed by atoms with E-state index in [1.54, 1.807) is 0 Å². The lowest BCUT2D eigenvalue weighted by molar-refractivity contribution is 0.530. The van der Waals surface area contributed by atoms with Crippen LogP contribution in [0.2, 0.25) is 5.02 Å². The summed E-state index contributed by atoms with van der Waals surface area (Å²) in [6.45, 7) is 2.05. The lowest BCUT2D eigenvalue weighted by Crippen LogP contribution is -2.30. The number of aryl methyl sites for hydroxylation is 2. The molecule has 20 heavy (non-hydrogen) atoms. The number of hydrazine groups is 1. The summed E-state index contributed by atoms with van der Waals surface area (Å²) in [5, 5.41) is 5.18. The summed E-state index contributed by atoms with van der Waals surface area (Å²) in [5.41, 5.74) is 5.88. The molecule has 1 unspecified atom stereocenters. The van der Waals surface area contributed by atoms with Crippen molar-refractivity contribution in [1.29, 1.82) is 0 Å². The van der Waals surface area contributed by atoms with E-state index in [9.17, 15) is 0 Å². The number of halogens is 2. The van der Waals surface area contributed by atoms with Crippen molar-refractivity contribution in [3.05, 3.63) is 50.7 Å². The summed E-state index contributed by atoms with van der Waals surface area (Å²) in [5.74, 6) is 5.70. The number of hydrogen-bond acceptors (Lipinski definition) is 3. The monoisotopic (exact) mass is 356 g/mol. The molecule has 3 N–H and O–H groups in total. The van der Waals surface area contributed by atoms with E-state index in [-0.39, 0.29) is 6.04 Å². The van der Waals surface area contributed by atoms with Crippen LogP contribution in [0.5, 0.6) is 0 Å². The standard InChI is InChI=1S/C14H18BrClN4/c1-3-11-14(16)13(20(2)19-11)8-12(18-17)9-5-4-6-10(15)7-9/h4-7,12,18H,3,8,17H2,1-2H3. The lowest BCUT2D eigenvalue weighted by Gasteiger charge is -2.17. The number of rotatable bonds is 5. The Morgan fingerprint density at radius 2 is 2.25 bits per heavy atom. The fourth-order valence-corrected chi connectivity index (χ4v) is 3.02. The minimum absolute atomic E-state index is 0.00916. The zero-order valence-corrected chi connectivity index (χ0v) is 13.9. The molecule has 0 spiro atoms. The van der Waals surface area contributed by atoms with Crippen LogP contribution in [0.25, 0.3) is 0 Å². The molecule has 108 valence electrons. The highest BCUT2D eigenvalue weighted by Gasteiger charge is 2.18. The van der Waals surface area contributed by atoms with Gasteiger partial charge in [0.2, 0.25) is 0 Å². The highest BCUT2D eigenvalue weighted by molar-refractivity contribution is 9.10. The number of benzene rings is 1. The van der Waals surface area contributed by atoms with Gasteiger partial charge in [-0.1, -0.05) is 46.6 Å². The van der Waals surface area contributed by atoms with Gasteiger partial charge in [-0.15, -0.1) is 0 Å². The van der Waals surface area contributed by atoms with Crippen molar-refractivity contribution in [2.45, 2.75) is 25.8 Å². The van der Waals surface area contributed by atoms with Gasteiger partial charge in [0.25, 0.3) is 0 Å². The maximum absolute atomic E-state index is 6.39. The Balaban J connectivity index is 2.29. The topological polar surface area (TPSA) is 55.9 Å². The number of nitrogens with two attached hydrogens (primary N) is 1. The van der Waals surface area contributed by atoms with Crippen molar-refractivity contribution < 1.29 is 0 Å². The van der Waals surface area contributed by atoms with Crippen LogP contribution >= 0.6 is 27.5 Å². The predicted octanol–water partition coefficient (Wildman–Crippen LogP) is 3.15. The van der Waals surface area contributed by atoms with Crippen LogP contribution in [-0.2, 0) is 19.9 Å². The summed E-state index contributed by atoms with van der Waals surface area (Å²) in [4.78, 5) is 0. The zero-order chi connectivity index (χ0) is 14.7. The van der Waals surface area contributed by atoms with Gasteiger partial charge in [-0.2, -0.15) is 5.10 Å². The second kappa shape index (κ2) is 6.72. The van der Waals surface area contributed by atoms with Gasteiger partial charge in [-0.25, -0.2) is 0 Å². The molecule has 0 radical (unpaired) electrons. The second-order valence-corrected chi connectivity index (χ2v) is 5.96. The van der Waals surface area contributed by atoms with E-state index in [4.69, 9.17) is 17.4 Å². The Bertz CT molecular complexity index is 597. The molecule has 0 aliphatic carbocycles. The lowest BCUT2D eigenvalue weighted by atomic mass is 10.0. The normalized spacial score (nSPS) is 12.7. The molecule has 0 fully saturated rings. The molecule has 6 heteroatoms. The van der Waals surface area contributed by atoms with E-state index < -0.39 is 0 Å². The van der Waals surface area contributed by atoms with E-state index in [2.05, 4.69) is 32.5 Å². The van der Waals surface area contributed by atoms with Crippen molar-refractivity contribution in [2.75, 3.05) is 0 Å². The van der Waals surface area contributed by atoms with Crippen LogP contribution < -0.4 is 11.3 Å². The van der Waals surface area contributed by atoms with E-state index in [1.165, 1.54) is 0 Å². The quantitative estimate of drug-likeness (QED) is 0.638. The summed E-state index contributed by atoms with van der Waals surface area (Å²) in [6.07, 6.45) is 1.51. The summed E-state index contributed by atoms with van der Waals surface area (Å²) >= 11 is 9.87. The molecule has 1 heterocycles. The van der Waals surface area contributed by atoms with Gasteiger partial charge >= 0.3 is 0 Å². The molecule has 1 atom stereocenters. The van der Waals surface area contributed by atoms with Crippen LogP contribution in [0.15, 0.2) is 28.7 Å². The molecule has 2 aromatic rings. The Labute approximate surface area is 132 Å². The van der Waals surface area contributed by atoms with Crippen molar-refractivity contribution in [2.24, 2.45) is 12.9 Å². The van der Waals surface area contributed by atoms with Crippen molar-refractivity contribution in [3.63, 3.8) is 0 Å². The largest absolute Gasteiger partial charge is 0.271 e. The van der Waals surface area contributed by atoms with Crippen LogP contribution in [-0.4, -0.2) is 9.78 Å². The number of hydrogen-bond donors (Lipinski definition) is 2. The van der Waals surface area contributed by atoms with E-state index >= 15 is 0 Å². The van der Waals surface area contributed by atoms with Gasteiger partial charge < -0.3 is 0 Å². The van der Waals surface area contributed by atoms with Crippen LogP contribution in [0.1, 0.15) is 29.9 Å². The molecule has 0 bridgehead atoms. The third kappa shape index (κ3) is 3.23. The third-order valence-corrected chi connectivity index (χ3v) is 4.28. The Kier molecular flexibility index (Phi) is 5.21. The maximum Gasteiger partial charge on any atom is 0.0850 e. The fourth-order valence-electron chi connectivity index (χ4n) is 2.23. The van der Waals surface area contributed by atoms with E-state index in [0.717, 1.165) is 32.9 Å². The molecule has 1 aromatic carbocycles. The summed E-state index contributed by atoms with van der Waals surface area (Å²) in [6, 6.07) is 8.07. The molecule has 0 saturated carbocycles. The molecular formula is C14H18BrClN4. The average Bonchev–Trinajstić information content (AvgIpc) is 2.71. The summed E-state index contributed by atoms with van der Waals surface area (Å²) < 4.78 is 2.87. The molecule has 0 amide bonds. The van der Waals surface area contributed by atoms with Gasteiger partial charge in [0.1, 0.15) is 0 Å². The number of nitrogens with zero attached hydrogens (tertiary/aromatic N) is 2. The predicted molar refractivity (Wildman–Crippen MR) is 85.5 cm³/mol. The van der Waals surface area contributed by atoms with Crippen molar-refractivity contribution in [1.82, 2.24) is 15.2 Å². The Morgan fingerprint density at radius 1 is 1.50 bits per heavy atom. The Hall–Kier alpha value is -0.880. The van der Waals surface area contributed by atoms with Crippen LogP contribution in [0, 0.1) is 0 Å². The van der Waals surface area contributed by atoms with Crippen LogP contribution in [0.3, 0.4) is 0 Å². The smallest absolute Gasteiger partial charge is 0.0850 e. The number of aromatic nitrogens is 2. The first kappa shape index (κ1) is 15.5. The molecule has 0 saturated heterocycles. The Morgan fingerprint density at radius 3 is 2.80 bits per heavy atom. The SMILES string of the molecule is CCc1nn(C)c(CC(NN)c2cccc(Br)c2)c1Cl. The van der Waals surface area contributed by atoms with Crippen LogP contribution in [0.4, 0.5) is 0 Å².